The van der Waals surface area contributed by atoms with E-state index in [1.165, 1.54) is 10.7 Å². The summed E-state index contributed by atoms with van der Waals surface area (Å²) in [5, 5.41) is 7.21. The highest BCUT2D eigenvalue weighted by Crippen LogP contribution is 2.29. The summed E-state index contributed by atoms with van der Waals surface area (Å²) in [6.45, 7) is 1.99. The molecular weight excluding hydrogens is 424 g/mol. The summed E-state index contributed by atoms with van der Waals surface area (Å²) in [5.41, 5.74) is 5.01. The van der Waals surface area contributed by atoms with Gasteiger partial charge in [0.05, 0.1) is 17.1 Å². The van der Waals surface area contributed by atoms with E-state index >= 15 is 0 Å². The van der Waals surface area contributed by atoms with E-state index in [1.54, 1.807) is 19.2 Å². The van der Waals surface area contributed by atoms with Crippen molar-refractivity contribution in [3.05, 3.63) is 95.9 Å². The van der Waals surface area contributed by atoms with Crippen LogP contribution >= 0.6 is 0 Å². The fourth-order valence-electron chi connectivity index (χ4n) is 3.76. The first-order valence-electron chi connectivity index (χ1n) is 10.3. The number of fused-ring (bicyclic) bond motifs is 1. The lowest BCUT2D eigenvalue weighted by Crippen LogP contribution is -2.16. The van der Waals surface area contributed by atoms with Crippen LogP contribution < -0.4 is 5.32 Å². The van der Waals surface area contributed by atoms with Gasteiger partial charge in [-0.2, -0.15) is 5.10 Å². The highest BCUT2D eigenvalue weighted by molar-refractivity contribution is 6.05. The fraction of sp³-hybridized carbons (Fsp3) is 0.0800. The summed E-state index contributed by atoms with van der Waals surface area (Å²) in [6, 6.07) is 16.4. The van der Waals surface area contributed by atoms with E-state index in [2.05, 4.69) is 10.4 Å². The molecule has 0 bridgehead atoms. The van der Waals surface area contributed by atoms with Crippen LogP contribution in [0.5, 0.6) is 0 Å². The summed E-state index contributed by atoms with van der Waals surface area (Å²) < 4.78 is 30.2. The van der Waals surface area contributed by atoms with Gasteiger partial charge in [-0.25, -0.2) is 13.8 Å². The van der Waals surface area contributed by atoms with Crippen LogP contribution in [0.1, 0.15) is 16.1 Å². The van der Waals surface area contributed by atoms with E-state index in [9.17, 15) is 13.6 Å². The smallest absolute Gasteiger partial charge is 0.273 e. The predicted octanol–water partition coefficient (Wildman–Crippen LogP) is 5.24. The minimum Gasteiger partial charge on any atom is -0.320 e. The number of rotatable bonds is 4. The Morgan fingerprint density at radius 2 is 1.79 bits per heavy atom. The molecule has 5 rings (SSSR count). The van der Waals surface area contributed by atoms with Gasteiger partial charge in [0.25, 0.3) is 5.91 Å². The number of pyridine rings is 1. The van der Waals surface area contributed by atoms with Crippen molar-refractivity contribution in [2.45, 2.75) is 6.92 Å². The number of para-hydroxylation sites is 1. The SMILES string of the molecule is Cc1cccn2cc(-c3ccccc3NC(=O)c3cc(-c4ccc(F)c(F)c4)nn3C)nc12. The summed E-state index contributed by atoms with van der Waals surface area (Å²) in [7, 11) is 1.62. The number of nitrogens with one attached hydrogen (secondary N) is 1. The number of aromatic nitrogens is 4. The van der Waals surface area contributed by atoms with Crippen molar-refractivity contribution in [2.24, 2.45) is 7.05 Å². The number of carbonyl (C=O) groups excluding carboxylic acids is 1. The van der Waals surface area contributed by atoms with E-state index in [4.69, 9.17) is 4.98 Å². The Kier molecular flexibility index (Phi) is 4.97. The quantitative estimate of drug-likeness (QED) is 0.413. The van der Waals surface area contributed by atoms with E-state index in [0.717, 1.165) is 34.6 Å². The van der Waals surface area contributed by atoms with Gasteiger partial charge in [-0.15, -0.1) is 0 Å². The number of aryl methyl sites for hydroxylation is 2. The average Bonchev–Trinajstić information content (AvgIpc) is 3.41. The molecule has 0 spiro atoms. The zero-order valence-electron chi connectivity index (χ0n) is 17.9. The third-order valence-electron chi connectivity index (χ3n) is 5.46. The van der Waals surface area contributed by atoms with Gasteiger partial charge in [-0.1, -0.05) is 24.3 Å². The maximum Gasteiger partial charge on any atom is 0.273 e. The van der Waals surface area contributed by atoms with Crippen LogP contribution in [-0.4, -0.2) is 25.1 Å². The standard InChI is InChI=1S/C25H19F2N5O/c1-15-6-5-11-32-14-22(28-24(15)32)17-7-3-4-8-20(17)29-25(33)23-13-21(30-31(23)2)16-9-10-18(26)19(27)12-16/h3-14H,1-2H3,(H,29,33). The van der Waals surface area contributed by atoms with Gasteiger partial charge in [0.15, 0.2) is 11.6 Å². The minimum atomic E-state index is -0.972. The number of imidazole rings is 1. The van der Waals surface area contributed by atoms with Gasteiger partial charge in [0, 0.05) is 30.6 Å². The van der Waals surface area contributed by atoms with Gasteiger partial charge < -0.3 is 9.72 Å². The topological polar surface area (TPSA) is 64.2 Å². The molecule has 6 nitrogen and oxygen atoms in total. The van der Waals surface area contributed by atoms with Crippen LogP contribution in [0.4, 0.5) is 14.5 Å². The maximum atomic E-state index is 13.6. The molecule has 8 heteroatoms. The Bertz CT molecular complexity index is 1520. The van der Waals surface area contributed by atoms with Crippen LogP contribution in [0.3, 0.4) is 0 Å². The van der Waals surface area contributed by atoms with Crippen molar-refractivity contribution >= 4 is 17.2 Å². The van der Waals surface area contributed by atoms with Crippen LogP contribution in [-0.2, 0) is 7.05 Å². The number of hydrogen-bond acceptors (Lipinski definition) is 3. The lowest BCUT2D eigenvalue weighted by Gasteiger charge is -2.09. The van der Waals surface area contributed by atoms with E-state index in [-0.39, 0.29) is 11.6 Å². The van der Waals surface area contributed by atoms with Crippen LogP contribution in [0, 0.1) is 18.6 Å². The second-order valence-corrected chi connectivity index (χ2v) is 7.72. The molecule has 2 aromatic carbocycles. The Labute approximate surface area is 188 Å². The molecule has 0 aliphatic carbocycles. The third-order valence-corrected chi connectivity index (χ3v) is 5.46. The number of carbonyl (C=O) groups is 1. The normalized spacial score (nSPS) is 11.2. The molecule has 0 aliphatic heterocycles. The molecule has 1 N–H and O–H groups in total. The van der Waals surface area contributed by atoms with E-state index in [0.29, 0.717) is 16.9 Å². The highest BCUT2D eigenvalue weighted by Gasteiger charge is 2.18. The average molecular weight is 443 g/mol. The largest absolute Gasteiger partial charge is 0.320 e. The zero-order valence-corrected chi connectivity index (χ0v) is 17.9. The minimum absolute atomic E-state index is 0.274. The summed E-state index contributed by atoms with van der Waals surface area (Å²) in [6.07, 6.45) is 3.84. The molecule has 164 valence electrons. The lowest BCUT2D eigenvalue weighted by molar-refractivity contribution is 0.101. The third kappa shape index (κ3) is 3.76. The predicted molar refractivity (Wildman–Crippen MR) is 122 cm³/mol. The molecule has 0 radical (unpaired) electrons. The number of nitrogens with zero attached hydrogens (tertiary/aromatic N) is 4. The molecule has 0 unspecified atom stereocenters. The highest BCUT2D eigenvalue weighted by atomic mass is 19.2. The van der Waals surface area contributed by atoms with Crippen molar-refractivity contribution in [3.63, 3.8) is 0 Å². The summed E-state index contributed by atoms with van der Waals surface area (Å²) in [5.74, 6) is -2.29. The molecule has 0 fully saturated rings. The van der Waals surface area contributed by atoms with Crippen molar-refractivity contribution in [3.8, 4) is 22.5 Å². The molecule has 0 saturated carbocycles. The first kappa shape index (κ1) is 20.6. The number of halogens is 2. The van der Waals surface area contributed by atoms with Crippen LogP contribution in [0.2, 0.25) is 0 Å². The molecule has 1 amide bonds. The first-order valence-corrected chi connectivity index (χ1v) is 10.3. The second-order valence-electron chi connectivity index (χ2n) is 7.72. The van der Waals surface area contributed by atoms with Crippen molar-refractivity contribution in [2.75, 3.05) is 5.32 Å². The van der Waals surface area contributed by atoms with Crippen LogP contribution in [0.25, 0.3) is 28.2 Å². The van der Waals surface area contributed by atoms with Crippen molar-refractivity contribution in [1.82, 2.24) is 19.2 Å². The maximum absolute atomic E-state index is 13.6. The Morgan fingerprint density at radius 1 is 0.970 bits per heavy atom. The Balaban J connectivity index is 1.47. The van der Waals surface area contributed by atoms with Gasteiger partial charge in [-0.05, 0) is 48.9 Å². The number of benzene rings is 2. The Morgan fingerprint density at radius 3 is 2.58 bits per heavy atom. The van der Waals surface area contributed by atoms with Gasteiger partial charge >= 0.3 is 0 Å². The number of anilines is 1. The van der Waals surface area contributed by atoms with Crippen molar-refractivity contribution in [1.29, 1.82) is 0 Å². The molecular formula is C25H19F2N5O. The zero-order chi connectivity index (χ0) is 23.1. The second kappa shape index (κ2) is 7.98. The fourth-order valence-corrected chi connectivity index (χ4v) is 3.76. The van der Waals surface area contributed by atoms with Crippen molar-refractivity contribution < 1.29 is 13.6 Å². The summed E-state index contributed by atoms with van der Waals surface area (Å²) >= 11 is 0. The molecule has 33 heavy (non-hydrogen) atoms. The Hall–Kier alpha value is -4.33. The monoisotopic (exact) mass is 443 g/mol. The van der Waals surface area contributed by atoms with Gasteiger partial charge in [0.1, 0.15) is 11.3 Å². The van der Waals surface area contributed by atoms with Gasteiger partial charge in [-0.3, -0.25) is 9.48 Å². The van der Waals surface area contributed by atoms with Gasteiger partial charge in [0.2, 0.25) is 0 Å². The van der Waals surface area contributed by atoms with E-state index in [1.807, 2.05) is 54.0 Å². The lowest BCUT2D eigenvalue weighted by atomic mass is 10.1. The molecule has 0 atom stereocenters. The molecule has 0 aliphatic rings. The molecule has 3 aromatic heterocycles. The summed E-state index contributed by atoms with van der Waals surface area (Å²) in [4.78, 5) is 17.8. The van der Waals surface area contributed by atoms with Crippen LogP contribution in [0.15, 0.2) is 73.1 Å². The van der Waals surface area contributed by atoms with E-state index < -0.39 is 11.6 Å². The molecule has 3 heterocycles. The molecule has 5 aromatic rings. The number of amides is 1. The number of hydrogen-bond donors (Lipinski definition) is 1. The first-order chi connectivity index (χ1) is 15.9. The molecule has 0 saturated heterocycles.